The Kier molecular flexibility index (Phi) is 9.90. The topological polar surface area (TPSA) is 70.6 Å². The van der Waals surface area contributed by atoms with Crippen LogP contribution in [-0.4, -0.2) is 55.1 Å². The number of morpholine rings is 1. The molecule has 0 atom stereocenters. The number of ether oxygens (including phenoxy) is 1. The van der Waals surface area contributed by atoms with Crippen molar-refractivity contribution in [2.75, 3.05) is 54.5 Å². The van der Waals surface area contributed by atoms with Gasteiger partial charge in [0.1, 0.15) is 11.6 Å². The van der Waals surface area contributed by atoms with Gasteiger partial charge in [0.2, 0.25) is 5.95 Å². The first-order valence-electron chi connectivity index (χ1n) is 15.6. The lowest BCUT2D eigenvalue weighted by atomic mass is 9.97. The number of ketones is 1. The van der Waals surface area contributed by atoms with Gasteiger partial charge in [-0.15, -0.1) is 0 Å². The van der Waals surface area contributed by atoms with Crippen LogP contribution in [0.4, 0.5) is 31.8 Å². The number of benzene rings is 3. The maximum atomic E-state index is 15.3. The number of piperidine rings is 1. The van der Waals surface area contributed by atoms with E-state index in [1.807, 2.05) is 29.2 Å². The number of hydrogen-bond acceptors (Lipinski definition) is 7. The lowest BCUT2D eigenvalue weighted by Gasteiger charge is -2.30. The highest BCUT2D eigenvalue weighted by atomic mass is 35.5. The van der Waals surface area contributed by atoms with Crippen LogP contribution in [0.5, 0.6) is 0 Å². The number of allylic oxidation sites excluding steroid dienone is 1. The second-order valence-electron chi connectivity index (χ2n) is 11.6. The molecule has 0 spiro atoms. The first-order valence-corrected chi connectivity index (χ1v) is 16.0. The van der Waals surface area contributed by atoms with E-state index in [2.05, 4.69) is 21.8 Å². The second-order valence-corrected chi connectivity index (χ2v) is 12.0. The number of hydrogen-bond donors (Lipinski definition) is 1. The summed E-state index contributed by atoms with van der Waals surface area (Å²) in [6.07, 6.45) is 6.58. The van der Waals surface area contributed by atoms with E-state index in [0.717, 1.165) is 48.4 Å². The summed E-state index contributed by atoms with van der Waals surface area (Å²) in [5, 5.41) is 3.99. The van der Waals surface area contributed by atoms with Crippen molar-refractivity contribution < 1.29 is 18.3 Å². The summed E-state index contributed by atoms with van der Waals surface area (Å²) in [6, 6.07) is 15.6. The van der Waals surface area contributed by atoms with Crippen LogP contribution < -0.4 is 15.1 Å². The second kappa shape index (κ2) is 14.4. The van der Waals surface area contributed by atoms with Crippen molar-refractivity contribution in [2.45, 2.75) is 32.1 Å². The number of aromatic nitrogens is 2. The highest BCUT2D eigenvalue weighted by Gasteiger charge is 2.19. The molecule has 0 unspecified atom stereocenters. The third-order valence-electron chi connectivity index (χ3n) is 8.43. The van der Waals surface area contributed by atoms with Crippen LogP contribution >= 0.6 is 11.6 Å². The van der Waals surface area contributed by atoms with Crippen LogP contribution in [0.3, 0.4) is 0 Å². The maximum absolute atomic E-state index is 15.3. The average Bonchev–Trinajstić information content (AvgIpc) is 3.08. The van der Waals surface area contributed by atoms with E-state index >= 15 is 4.39 Å². The van der Waals surface area contributed by atoms with E-state index < -0.39 is 5.82 Å². The molecule has 0 aliphatic carbocycles. The number of carbonyl (C=O) groups is 1. The highest BCUT2D eigenvalue weighted by molar-refractivity contribution is 6.33. The van der Waals surface area contributed by atoms with Gasteiger partial charge in [-0.2, -0.15) is 0 Å². The molecule has 2 aliphatic heterocycles. The van der Waals surface area contributed by atoms with Gasteiger partial charge in [-0.3, -0.25) is 4.79 Å². The third kappa shape index (κ3) is 7.37. The van der Waals surface area contributed by atoms with Crippen molar-refractivity contribution in [3.05, 3.63) is 107 Å². The first kappa shape index (κ1) is 31.6. The lowest BCUT2D eigenvalue weighted by molar-refractivity contribution is -0.114. The Hall–Kier alpha value is -4.34. The number of halogens is 3. The molecule has 238 valence electrons. The maximum Gasteiger partial charge on any atom is 0.227 e. The molecule has 10 heteroatoms. The van der Waals surface area contributed by atoms with Gasteiger partial charge in [0.15, 0.2) is 5.78 Å². The number of rotatable bonds is 10. The monoisotopic (exact) mass is 643 g/mol. The molecule has 7 nitrogen and oxygen atoms in total. The van der Waals surface area contributed by atoms with E-state index in [9.17, 15) is 9.18 Å². The smallest absolute Gasteiger partial charge is 0.227 e. The summed E-state index contributed by atoms with van der Waals surface area (Å²) in [5.74, 6) is -0.739. The number of nitrogens with zero attached hydrogens (tertiary/aromatic N) is 4. The van der Waals surface area contributed by atoms with Gasteiger partial charge in [-0.25, -0.2) is 18.7 Å². The zero-order valence-electron chi connectivity index (χ0n) is 25.6. The summed E-state index contributed by atoms with van der Waals surface area (Å²) in [4.78, 5) is 25.9. The van der Waals surface area contributed by atoms with Gasteiger partial charge in [0.05, 0.1) is 35.3 Å². The molecule has 2 fully saturated rings. The van der Waals surface area contributed by atoms with E-state index in [1.54, 1.807) is 24.4 Å². The Morgan fingerprint density at radius 2 is 1.70 bits per heavy atom. The standard InChI is InChI=1S/C36H36ClF2N5O2/c1-2-29(45)21-26-20-25(7-10-31(26)38)35-27(18-24-6-11-33(32(39)19-24)44-14-16-46-17-15-44)23-40-36(42-35)41-28-8-9-30(37)34(22-28)43-12-4-3-5-13-43/h2,6-11,19-20,22-23H,1,3-5,12-18,21H2,(H,40,41,42). The predicted octanol–water partition coefficient (Wildman–Crippen LogP) is 7.53. The molecular formula is C36H36ClF2N5O2. The van der Waals surface area contributed by atoms with Crippen molar-refractivity contribution in [3.63, 3.8) is 0 Å². The van der Waals surface area contributed by atoms with Crippen molar-refractivity contribution in [1.29, 1.82) is 0 Å². The quantitative estimate of drug-likeness (QED) is 0.179. The molecule has 4 aromatic rings. The molecule has 0 bridgehead atoms. The van der Waals surface area contributed by atoms with Crippen molar-refractivity contribution in [2.24, 2.45) is 0 Å². The Morgan fingerprint density at radius 1 is 0.913 bits per heavy atom. The molecular weight excluding hydrogens is 608 g/mol. The number of carbonyl (C=O) groups excluding carboxylic acids is 1. The molecule has 2 aliphatic rings. The minimum absolute atomic E-state index is 0.118. The Balaban J connectivity index is 1.34. The Labute approximate surface area is 272 Å². The summed E-state index contributed by atoms with van der Waals surface area (Å²) >= 11 is 6.58. The van der Waals surface area contributed by atoms with Crippen LogP contribution in [0.15, 0.2) is 73.4 Å². The van der Waals surface area contributed by atoms with E-state index in [-0.39, 0.29) is 23.6 Å². The fourth-order valence-corrected chi connectivity index (χ4v) is 6.24. The third-order valence-corrected chi connectivity index (χ3v) is 8.75. The fraction of sp³-hybridized carbons (Fsp3) is 0.306. The molecule has 0 amide bonds. The zero-order chi connectivity index (χ0) is 32.0. The number of anilines is 4. The summed E-state index contributed by atoms with van der Waals surface area (Å²) in [5.41, 5.74) is 5.16. The van der Waals surface area contributed by atoms with E-state index in [1.165, 1.54) is 24.6 Å². The average molecular weight is 644 g/mol. The van der Waals surface area contributed by atoms with E-state index in [4.69, 9.17) is 21.3 Å². The van der Waals surface area contributed by atoms with Gasteiger partial charge in [0, 0.05) is 62.0 Å². The van der Waals surface area contributed by atoms with Gasteiger partial charge in [0.25, 0.3) is 0 Å². The van der Waals surface area contributed by atoms with Crippen LogP contribution in [0, 0.1) is 11.6 Å². The largest absolute Gasteiger partial charge is 0.378 e. The van der Waals surface area contributed by atoms with Crippen molar-refractivity contribution >= 4 is 40.4 Å². The van der Waals surface area contributed by atoms with Gasteiger partial charge < -0.3 is 19.9 Å². The summed E-state index contributed by atoms with van der Waals surface area (Å²) < 4.78 is 35.5. The van der Waals surface area contributed by atoms with Gasteiger partial charge in [-0.1, -0.05) is 24.2 Å². The van der Waals surface area contributed by atoms with Crippen LogP contribution in [0.1, 0.15) is 36.0 Å². The molecule has 3 heterocycles. The molecule has 6 rings (SSSR count). The van der Waals surface area contributed by atoms with Crippen LogP contribution in [-0.2, 0) is 22.4 Å². The summed E-state index contributed by atoms with van der Waals surface area (Å²) in [7, 11) is 0. The molecule has 3 aromatic carbocycles. The molecule has 1 N–H and O–H groups in total. The SMILES string of the molecule is C=CC(=O)Cc1cc(-c2nc(Nc3ccc(Cl)c(N4CCCCC4)c3)ncc2Cc2ccc(N3CCOCC3)c(F)c2)ccc1F. The molecule has 1 aromatic heterocycles. The van der Waals surface area contributed by atoms with Crippen molar-refractivity contribution in [3.8, 4) is 11.3 Å². The summed E-state index contributed by atoms with van der Waals surface area (Å²) in [6.45, 7) is 7.82. The zero-order valence-corrected chi connectivity index (χ0v) is 26.3. The molecule has 46 heavy (non-hydrogen) atoms. The van der Waals surface area contributed by atoms with Gasteiger partial charge in [-0.05, 0) is 85.0 Å². The van der Waals surface area contributed by atoms with E-state index in [0.29, 0.717) is 60.6 Å². The van der Waals surface area contributed by atoms with Crippen LogP contribution in [0.2, 0.25) is 5.02 Å². The molecule has 0 radical (unpaired) electrons. The Bertz CT molecular complexity index is 1740. The highest BCUT2D eigenvalue weighted by Crippen LogP contribution is 2.33. The van der Waals surface area contributed by atoms with Gasteiger partial charge >= 0.3 is 0 Å². The first-order chi connectivity index (χ1) is 22.4. The fourth-order valence-electron chi connectivity index (χ4n) is 6.00. The molecule has 0 saturated carbocycles. The molecule has 2 saturated heterocycles. The van der Waals surface area contributed by atoms with Crippen LogP contribution in [0.25, 0.3) is 11.3 Å². The minimum Gasteiger partial charge on any atom is -0.378 e. The lowest BCUT2D eigenvalue weighted by Crippen LogP contribution is -2.36. The normalized spacial score (nSPS) is 15.1. The Morgan fingerprint density at radius 3 is 2.46 bits per heavy atom. The van der Waals surface area contributed by atoms with Crippen molar-refractivity contribution in [1.82, 2.24) is 9.97 Å². The predicted molar refractivity (Wildman–Crippen MR) is 179 cm³/mol. The number of nitrogens with one attached hydrogen (secondary N) is 1. The minimum atomic E-state index is -0.486.